The van der Waals surface area contributed by atoms with E-state index >= 15 is 0 Å². The zero-order valence-corrected chi connectivity index (χ0v) is 21.7. The van der Waals surface area contributed by atoms with Gasteiger partial charge in [0.15, 0.2) is 17.3 Å². The Kier molecular flexibility index (Phi) is 7.28. The summed E-state index contributed by atoms with van der Waals surface area (Å²) in [5.41, 5.74) is 2.30. The zero-order chi connectivity index (χ0) is 25.9. The summed E-state index contributed by atoms with van der Waals surface area (Å²) in [5.74, 6) is 2.24. The Labute approximate surface area is 221 Å². The van der Waals surface area contributed by atoms with E-state index in [0.717, 1.165) is 17.1 Å². The van der Waals surface area contributed by atoms with Crippen molar-refractivity contribution in [1.29, 1.82) is 0 Å². The zero-order valence-electron chi connectivity index (χ0n) is 21.7. The van der Waals surface area contributed by atoms with Crippen LogP contribution in [0.15, 0.2) is 35.0 Å². The SMILES string of the molecule is COc1ccc2cc1OCCn1cc(nn1)CO[C@H]1CN(Cc3cc(C4CCCCC4)no3)C[C@@H]1NC2=O. The lowest BCUT2D eigenvalue weighted by Crippen LogP contribution is -2.44. The van der Waals surface area contributed by atoms with E-state index in [0.29, 0.717) is 62.4 Å². The highest BCUT2D eigenvalue weighted by atomic mass is 16.5. The van der Waals surface area contributed by atoms with Gasteiger partial charge in [0.05, 0.1) is 50.8 Å². The summed E-state index contributed by atoms with van der Waals surface area (Å²) in [6.07, 6.45) is 7.83. The second kappa shape index (κ2) is 11.1. The first-order valence-corrected chi connectivity index (χ1v) is 13.4. The quantitative estimate of drug-likeness (QED) is 0.552. The number of nitrogens with zero attached hydrogens (tertiary/aromatic N) is 5. The van der Waals surface area contributed by atoms with Crippen LogP contribution in [0.1, 0.15) is 65.5 Å². The van der Waals surface area contributed by atoms with Gasteiger partial charge in [-0.2, -0.15) is 0 Å². The Morgan fingerprint density at radius 2 is 2.05 bits per heavy atom. The minimum atomic E-state index is -0.219. The molecule has 1 aromatic carbocycles. The minimum Gasteiger partial charge on any atom is -0.493 e. The molecule has 4 heterocycles. The van der Waals surface area contributed by atoms with E-state index in [1.54, 1.807) is 30.0 Å². The van der Waals surface area contributed by atoms with Crippen molar-refractivity contribution >= 4 is 5.91 Å². The van der Waals surface area contributed by atoms with Crippen molar-refractivity contribution in [2.75, 3.05) is 26.8 Å². The molecule has 0 radical (unpaired) electrons. The Morgan fingerprint density at radius 1 is 1.16 bits per heavy atom. The minimum absolute atomic E-state index is 0.184. The molecular weight excluding hydrogens is 488 g/mol. The van der Waals surface area contributed by atoms with Crippen LogP contribution in [0.5, 0.6) is 11.5 Å². The third-order valence-electron chi connectivity index (χ3n) is 7.67. The third-order valence-corrected chi connectivity index (χ3v) is 7.67. The molecule has 38 heavy (non-hydrogen) atoms. The maximum absolute atomic E-state index is 13.3. The normalized spacial score (nSPS) is 23.1. The highest BCUT2D eigenvalue weighted by Gasteiger charge is 2.36. The highest BCUT2D eigenvalue weighted by molar-refractivity contribution is 5.95. The van der Waals surface area contributed by atoms with Crippen molar-refractivity contribution in [2.45, 2.75) is 69.9 Å². The number of carbonyl (C=O) groups excluding carboxylic acids is 1. The molecule has 0 spiro atoms. The summed E-state index contributed by atoms with van der Waals surface area (Å²) in [7, 11) is 1.58. The van der Waals surface area contributed by atoms with Crippen LogP contribution in [0, 0.1) is 0 Å². The van der Waals surface area contributed by atoms with E-state index in [9.17, 15) is 4.79 Å². The molecule has 1 amide bonds. The van der Waals surface area contributed by atoms with Crippen LogP contribution in [0.25, 0.3) is 0 Å². The number of methoxy groups -OCH3 is 1. The van der Waals surface area contributed by atoms with Crippen LogP contribution in [-0.2, 0) is 24.4 Å². The van der Waals surface area contributed by atoms with Crippen LogP contribution in [0.4, 0.5) is 0 Å². The van der Waals surface area contributed by atoms with Gasteiger partial charge in [-0.3, -0.25) is 9.69 Å². The van der Waals surface area contributed by atoms with Crippen molar-refractivity contribution in [3.63, 3.8) is 0 Å². The molecule has 3 aromatic rings. The average molecular weight is 523 g/mol. The maximum atomic E-state index is 13.3. The molecule has 2 atom stereocenters. The molecule has 202 valence electrons. The fraction of sp³-hybridized carbons (Fsp3) is 0.556. The van der Waals surface area contributed by atoms with E-state index in [-0.39, 0.29) is 18.1 Å². The Morgan fingerprint density at radius 3 is 2.92 bits per heavy atom. The van der Waals surface area contributed by atoms with E-state index < -0.39 is 0 Å². The number of aromatic nitrogens is 4. The molecule has 1 aliphatic carbocycles. The number of hydrogen-bond donors (Lipinski definition) is 1. The summed E-state index contributed by atoms with van der Waals surface area (Å²) in [5, 5.41) is 16.0. The van der Waals surface area contributed by atoms with E-state index in [2.05, 4.69) is 31.8 Å². The van der Waals surface area contributed by atoms with E-state index in [4.69, 9.17) is 18.7 Å². The fourth-order valence-corrected chi connectivity index (χ4v) is 5.64. The maximum Gasteiger partial charge on any atom is 0.251 e. The predicted molar refractivity (Wildman–Crippen MR) is 136 cm³/mol. The van der Waals surface area contributed by atoms with Gasteiger partial charge < -0.3 is 24.1 Å². The van der Waals surface area contributed by atoms with Gasteiger partial charge in [0, 0.05) is 30.6 Å². The van der Waals surface area contributed by atoms with Crippen LogP contribution in [-0.4, -0.2) is 69.9 Å². The van der Waals surface area contributed by atoms with Crippen molar-refractivity contribution in [2.24, 2.45) is 0 Å². The Bertz CT molecular complexity index is 1250. The van der Waals surface area contributed by atoms with Crippen LogP contribution in [0.2, 0.25) is 0 Å². The fourth-order valence-electron chi connectivity index (χ4n) is 5.64. The number of likely N-dealkylation sites (tertiary alicyclic amines) is 1. The predicted octanol–water partition coefficient (Wildman–Crippen LogP) is 2.91. The molecule has 2 aromatic heterocycles. The van der Waals surface area contributed by atoms with Gasteiger partial charge in [-0.1, -0.05) is 29.6 Å². The van der Waals surface area contributed by atoms with Crippen molar-refractivity contribution in [3.8, 4) is 11.5 Å². The summed E-state index contributed by atoms with van der Waals surface area (Å²) in [6.45, 7) is 3.06. The van der Waals surface area contributed by atoms with Gasteiger partial charge in [-0.05, 0) is 31.0 Å². The number of nitrogens with one attached hydrogen (secondary N) is 1. The number of rotatable bonds is 4. The third kappa shape index (κ3) is 5.53. The topological polar surface area (TPSA) is 117 Å². The second-order valence-electron chi connectivity index (χ2n) is 10.4. The lowest BCUT2D eigenvalue weighted by atomic mass is 9.87. The summed E-state index contributed by atoms with van der Waals surface area (Å²) >= 11 is 0. The largest absolute Gasteiger partial charge is 0.493 e. The number of benzene rings is 1. The number of carbonyl (C=O) groups is 1. The van der Waals surface area contributed by atoms with Gasteiger partial charge in [-0.15, -0.1) is 5.10 Å². The lowest BCUT2D eigenvalue weighted by molar-refractivity contribution is 0.0290. The first-order chi connectivity index (χ1) is 18.6. The molecule has 3 aliphatic rings. The van der Waals surface area contributed by atoms with Gasteiger partial charge in [0.1, 0.15) is 12.3 Å². The monoisotopic (exact) mass is 522 g/mol. The van der Waals surface area contributed by atoms with Crippen molar-refractivity contribution in [1.82, 2.24) is 30.4 Å². The molecule has 6 rings (SSSR count). The molecule has 1 saturated carbocycles. The van der Waals surface area contributed by atoms with Crippen LogP contribution >= 0.6 is 0 Å². The van der Waals surface area contributed by atoms with Gasteiger partial charge in [0.2, 0.25) is 0 Å². The first kappa shape index (κ1) is 24.9. The Balaban J connectivity index is 1.19. The first-order valence-electron chi connectivity index (χ1n) is 13.4. The van der Waals surface area contributed by atoms with E-state index in [1.165, 1.54) is 32.1 Å². The van der Waals surface area contributed by atoms with E-state index in [1.807, 2.05) is 6.20 Å². The number of amides is 1. The smallest absolute Gasteiger partial charge is 0.251 e. The molecule has 2 aliphatic heterocycles. The van der Waals surface area contributed by atoms with Gasteiger partial charge in [-0.25, -0.2) is 4.68 Å². The number of hydrogen-bond acceptors (Lipinski definition) is 9. The van der Waals surface area contributed by atoms with Gasteiger partial charge in [0.25, 0.3) is 5.91 Å². The number of fused-ring (bicyclic) bond motifs is 5. The van der Waals surface area contributed by atoms with Crippen LogP contribution < -0.4 is 14.8 Å². The standard InChI is InChI=1S/C27H34N6O5/c1-35-24-8-7-19-11-25(24)36-10-9-33-13-20(29-31-33)17-37-26-16-32(15-23(26)28-27(19)34)14-21-12-22(30-38-21)18-5-3-2-4-6-18/h7-8,11-13,18,23,26H,2-6,9-10,14-17H2,1H3,(H,28,34)/t23-,26-/m0/s1. The summed E-state index contributed by atoms with van der Waals surface area (Å²) in [4.78, 5) is 15.5. The summed E-state index contributed by atoms with van der Waals surface area (Å²) < 4.78 is 25.1. The number of ether oxygens (including phenoxy) is 3. The van der Waals surface area contributed by atoms with Crippen LogP contribution in [0.3, 0.4) is 0 Å². The van der Waals surface area contributed by atoms with Crippen molar-refractivity contribution in [3.05, 3.63) is 53.2 Å². The lowest BCUT2D eigenvalue weighted by Gasteiger charge is -2.20. The molecule has 4 bridgehead atoms. The molecular formula is C27H34N6O5. The van der Waals surface area contributed by atoms with Crippen molar-refractivity contribution < 1.29 is 23.5 Å². The second-order valence-corrected chi connectivity index (χ2v) is 10.4. The molecule has 11 nitrogen and oxygen atoms in total. The van der Waals surface area contributed by atoms with Gasteiger partial charge >= 0.3 is 0 Å². The average Bonchev–Trinajstić information content (AvgIpc) is 3.68. The molecule has 2 fully saturated rings. The Hall–Kier alpha value is -3.44. The molecule has 1 N–H and O–H groups in total. The highest BCUT2D eigenvalue weighted by Crippen LogP contribution is 2.33. The summed E-state index contributed by atoms with van der Waals surface area (Å²) in [6, 6.07) is 7.10. The molecule has 0 unspecified atom stereocenters. The molecule has 1 saturated heterocycles. The molecule has 11 heteroatoms.